The van der Waals surface area contributed by atoms with Crippen molar-refractivity contribution >= 4 is 5.91 Å². The largest absolute Gasteiger partial charge is 0.355 e. The molecule has 16 heavy (non-hydrogen) atoms. The predicted molar refractivity (Wildman–Crippen MR) is 69.2 cm³/mol. The maximum absolute atomic E-state index is 11.5. The predicted octanol–water partition coefficient (Wildman–Crippen LogP) is 2.45. The molecule has 0 aliphatic carbocycles. The number of carbonyl (C=O) groups excluding carboxylic acids is 1. The van der Waals surface area contributed by atoms with Gasteiger partial charge in [-0.2, -0.15) is 0 Å². The van der Waals surface area contributed by atoms with E-state index in [-0.39, 0.29) is 17.9 Å². The molecule has 0 saturated carbocycles. The van der Waals surface area contributed by atoms with Gasteiger partial charge in [0.2, 0.25) is 5.91 Å². The molecule has 0 aliphatic rings. The molecule has 0 fully saturated rings. The highest BCUT2D eigenvalue weighted by molar-refractivity contribution is 5.81. The van der Waals surface area contributed by atoms with E-state index < -0.39 is 0 Å². The third-order valence-electron chi connectivity index (χ3n) is 2.85. The summed E-state index contributed by atoms with van der Waals surface area (Å²) in [5, 5.41) is 2.89. The van der Waals surface area contributed by atoms with E-state index in [0.29, 0.717) is 0 Å². The van der Waals surface area contributed by atoms with Crippen molar-refractivity contribution in [2.24, 2.45) is 11.7 Å². The Kier molecular flexibility index (Phi) is 9.30. The van der Waals surface area contributed by atoms with Gasteiger partial charge in [-0.15, -0.1) is 0 Å². The van der Waals surface area contributed by atoms with Gasteiger partial charge in [-0.25, -0.2) is 0 Å². The van der Waals surface area contributed by atoms with Gasteiger partial charge < -0.3 is 11.1 Å². The number of amides is 1. The molecule has 0 aliphatic heterocycles. The molecule has 96 valence electrons. The molecular weight excluding hydrogens is 200 g/mol. The van der Waals surface area contributed by atoms with E-state index in [1.165, 1.54) is 32.1 Å². The zero-order valence-corrected chi connectivity index (χ0v) is 11.1. The first kappa shape index (κ1) is 15.4. The minimum absolute atomic E-state index is 0.0106. The van der Waals surface area contributed by atoms with Crippen molar-refractivity contribution in [1.29, 1.82) is 0 Å². The van der Waals surface area contributed by atoms with E-state index in [0.717, 1.165) is 13.0 Å². The second kappa shape index (κ2) is 9.64. The third kappa shape index (κ3) is 7.69. The average Bonchev–Trinajstić information content (AvgIpc) is 2.26. The molecule has 3 N–H and O–H groups in total. The van der Waals surface area contributed by atoms with Gasteiger partial charge in [-0.3, -0.25) is 4.79 Å². The van der Waals surface area contributed by atoms with Crippen LogP contribution in [-0.4, -0.2) is 18.5 Å². The normalized spacial score (nSPS) is 12.8. The van der Waals surface area contributed by atoms with Gasteiger partial charge in [-0.05, 0) is 12.3 Å². The molecule has 0 spiro atoms. The average molecular weight is 228 g/mol. The molecule has 0 radical (unpaired) electrons. The Morgan fingerprint density at radius 3 is 2.25 bits per heavy atom. The second-order valence-electron chi connectivity index (χ2n) is 4.83. The van der Waals surface area contributed by atoms with Crippen molar-refractivity contribution < 1.29 is 4.79 Å². The van der Waals surface area contributed by atoms with Crippen molar-refractivity contribution in [2.75, 3.05) is 6.54 Å². The zero-order chi connectivity index (χ0) is 12.4. The minimum Gasteiger partial charge on any atom is -0.355 e. The fourth-order valence-corrected chi connectivity index (χ4v) is 1.54. The summed E-state index contributed by atoms with van der Waals surface area (Å²) in [5.74, 6) is 0.202. The lowest BCUT2D eigenvalue weighted by molar-refractivity contribution is -0.123. The van der Waals surface area contributed by atoms with Gasteiger partial charge in [0.15, 0.2) is 0 Å². The van der Waals surface area contributed by atoms with Gasteiger partial charge in [0.25, 0.3) is 0 Å². The molecule has 0 aromatic heterocycles. The van der Waals surface area contributed by atoms with Crippen LogP contribution >= 0.6 is 0 Å². The van der Waals surface area contributed by atoms with Crippen molar-refractivity contribution in [1.82, 2.24) is 5.32 Å². The number of hydrogen-bond acceptors (Lipinski definition) is 2. The summed E-state index contributed by atoms with van der Waals surface area (Å²) >= 11 is 0. The molecular formula is C13H28N2O. The highest BCUT2D eigenvalue weighted by Gasteiger charge is 2.15. The molecule has 3 heteroatoms. The number of nitrogens with one attached hydrogen (secondary N) is 1. The summed E-state index contributed by atoms with van der Waals surface area (Å²) in [6, 6.07) is -0.361. The Hall–Kier alpha value is -0.570. The number of hydrogen-bond donors (Lipinski definition) is 2. The van der Waals surface area contributed by atoms with E-state index >= 15 is 0 Å². The lowest BCUT2D eigenvalue weighted by Gasteiger charge is -2.15. The van der Waals surface area contributed by atoms with Crippen molar-refractivity contribution in [3.63, 3.8) is 0 Å². The summed E-state index contributed by atoms with van der Waals surface area (Å²) in [4.78, 5) is 11.5. The first-order valence-electron chi connectivity index (χ1n) is 6.62. The van der Waals surface area contributed by atoms with Gasteiger partial charge in [0, 0.05) is 6.54 Å². The fraction of sp³-hybridized carbons (Fsp3) is 0.923. The topological polar surface area (TPSA) is 55.1 Å². The maximum atomic E-state index is 11.5. The van der Waals surface area contributed by atoms with E-state index in [1.807, 2.05) is 13.8 Å². The van der Waals surface area contributed by atoms with Crippen LogP contribution in [0.5, 0.6) is 0 Å². The highest BCUT2D eigenvalue weighted by Crippen LogP contribution is 2.04. The van der Waals surface area contributed by atoms with Crippen LogP contribution in [0, 0.1) is 5.92 Å². The fourth-order valence-electron chi connectivity index (χ4n) is 1.54. The van der Waals surface area contributed by atoms with E-state index in [1.54, 1.807) is 0 Å². The molecule has 0 rings (SSSR count). The van der Waals surface area contributed by atoms with Gasteiger partial charge in [0.1, 0.15) is 0 Å². The lowest BCUT2D eigenvalue weighted by atomic mass is 10.0. The SMILES string of the molecule is CCCCCCCCNC(=O)[C@H](N)C(C)C. The number of unbranched alkanes of at least 4 members (excludes halogenated alkanes) is 5. The molecule has 1 amide bonds. The van der Waals surface area contributed by atoms with Gasteiger partial charge >= 0.3 is 0 Å². The molecule has 0 saturated heterocycles. The van der Waals surface area contributed by atoms with Crippen LogP contribution in [0.15, 0.2) is 0 Å². The number of nitrogens with two attached hydrogens (primary N) is 1. The van der Waals surface area contributed by atoms with Crippen LogP contribution in [0.3, 0.4) is 0 Å². The Balaban J connectivity index is 3.34. The van der Waals surface area contributed by atoms with Crippen molar-refractivity contribution in [3.8, 4) is 0 Å². The van der Waals surface area contributed by atoms with Crippen LogP contribution < -0.4 is 11.1 Å². The Morgan fingerprint density at radius 2 is 1.69 bits per heavy atom. The van der Waals surface area contributed by atoms with Crippen LogP contribution in [0.1, 0.15) is 59.3 Å². The Bertz CT molecular complexity index is 181. The van der Waals surface area contributed by atoms with E-state index in [2.05, 4.69) is 12.2 Å². The lowest BCUT2D eigenvalue weighted by Crippen LogP contribution is -2.44. The molecule has 0 heterocycles. The highest BCUT2D eigenvalue weighted by atomic mass is 16.2. The molecule has 0 aromatic carbocycles. The van der Waals surface area contributed by atoms with Gasteiger partial charge in [0.05, 0.1) is 6.04 Å². The van der Waals surface area contributed by atoms with Crippen molar-refractivity contribution in [2.45, 2.75) is 65.3 Å². The molecule has 3 nitrogen and oxygen atoms in total. The standard InChI is InChI=1S/C13H28N2O/c1-4-5-6-7-8-9-10-15-13(16)12(14)11(2)3/h11-12H,4-10,14H2,1-3H3,(H,15,16)/t12-/m1/s1. The van der Waals surface area contributed by atoms with Crippen LogP contribution in [0.25, 0.3) is 0 Å². The molecule has 0 unspecified atom stereocenters. The maximum Gasteiger partial charge on any atom is 0.237 e. The van der Waals surface area contributed by atoms with Crippen LogP contribution in [0.4, 0.5) is 0 Å². The van der Waals surface area contributed by atoms with Crippen molar-refractivity contribution in [3.05, 3.63) is 0 Å². The zero-order valence-electron chi connectivity index (χ0n) is 11.1. The monoisotopic (exact) mass is 228 g/mol. The molecule has 0 bridgehead atoms. The minimum atomic E-state index is -0.361. The summed E-state index contributed by atoms with van der Waals surface area (Å²) in [6.45, 7) is 6.92. The third-order valence-corrected chi connectivity index (χ3v) is 2.85. The number of carbonyl (C=O) groups is 1. The summed E-state index contributed by atoms with van der Waals surface area (Å²) in [6.07, 6.45) is 7.47. The molecule has 0 aromatic rings. The smallest absolute Gasteiger partial charge is 0.237 e. The summed E-state index contributed by atoms with van der Waals surface area (Å²) in [7, 11) is 0. The van der Waals surface area contributed by atoms with Crippen LogP contribution in [0.2, 0.25) is 0 Å². The van der Waals surface area contributed by atoms with E-state index in [9.17, 15) is 4.79 Å². The number of rotatable bonds is 9. The van der Waals surface area contributed by atoms with E-state index in [4.69, 9.17) is 5.73 Å². The molecule has 1 atom stereocenters. The Morgan fingerprint density at radius 1 is 1.12 bits per heavy atom. The second-order valence-corrected chi connectivity index (χ2v) is 4.83. The summed E-state index contributed by atoms with van der Waals surface area (Å²) < 4.78 is 0. The van der Waals surface area contributed by atoms with Crippen LogP contribution in [-0.2, 0) is 4.79 Å². The first-order valence-corrected chi connectivity index (χ1v) is 6.62. The van der Waals surface area contributed by atoms with Gasteiger partial charge in [-0.1, -0.05) is 52.9 Å². The Labute approximate surface area is 100 Å². The summed E-state index contributed by atoms with van der Waals surface area (Å²) in [5.41, 5.74) is 5.73. The quantitative estimate of drug-likeness (QED) is 0.596. The first-order chi connectivity index (χ1) is 7.59.